The molecular weight excluding hydrogens is 210 g/mol. The molecule has 0 aliphatic heterocycles. The van der Waals surface area contributed by atoms with Crippen LogP contribution in [0.3, 0.4) is 0 Å². The van der Waals surface area contributed by atoms with Gasteiger partial charge in [0.25, 0.3) is 6.43 Å². The molecule has 1 rings (SSSR count). The lowest BCUT2D eigenvalue weighted by Gasteiger charge is -2.41. The molecule has 0 aromatic rings. The summed E-state index contributed by atoms with van der Waals surface area (Å²) < 4.78 is 24.5. The zero-order valence-electron chi connectivity index (χ0n) is 10.4. The minimum Gasteiger partial charge on any atom is -0.330 e. The van der Waals surface area contributed by atoms with Crippen LogP contribution in [-0.2, 0) is 0 Å². The molecule has 96 valence electrons. The van der Waals surface area contributed by atoms with Gasteiger partial charge in [0.15, 0.2) is 0 Å². The number of nitrogens with zero attached hydrogens (tertiary/aromatic N) is 1. The Labute approximate surface area is 97.2 Å². The average Bonchev–Trinajstić information content (AvgIpc) is 2.21. The summed E-state index contributed by atoms with van der Waals surface area (Å²) in [7, 11) is 1.77. The summed E-state index contributed by atoms with van der Waals surface area (Å²) in [5, 5.41) is 0. The van der Waals surface area contributed by atoms with Gasteiger partial charge in [-0.25, -0.2) is 8.78 Å². The van der Waals surface area contributed by atoms with Crippen LogP contribution in [-0.4, -0.2) is 38.0 Å². The van der Waals surface area contributed by atoms with Crippen molar-refractivity contribution >= 4 is 0 Å². The van der Waals surface area contributed by atoms with E-state index in [-0.39, 0.29) is 12.0 Å². The Bertz CT molecular complexity index is 201. The van der Waals surface area contributed by atoms with Gasteiger partial charge in [-0.2, -0.15) is 0 Å². The molecule has 0 atom stereocenters. The van der Waals surface area contributed by atoms with Crippen molar-refractivity contribution in [3.8, 4) is 0 Å². The Morgan fingerprint density at radius 2 is 1.94 bits per heavy atom. The lowest BCUT2D eigenvalue weighted by molar-refractivity contribution is 0.0573. The van der Waals surface area contributed by atoms with Gasteiger partial charge in [-0.05, 0) is 37.8 Å². The molecular formula is C12H24F2N2. The van der Waals surface area contributed by atoms with Crippen molar-refractivity contribution in [1.82, 2.24) is 4.90 Å². The van der Waals surface area contributed by atoms with Crippen molar-refractivity contribution in [1.29, 1.82) is 0 Å². The molecule has 16 heavy (non-hydrogen) atoms. The third kappa shape index (κ3) is 3.98. The van der Waals surface area contributed by atoms with E-state index in [1.54, 1.807) is 11.9 Å². The zero-order valence-corrected chi connectivity index (χ0v) is 10.4. The second-order valence-electron chi connectivity index (χ2n) is 5.47. The molecule has 0 radical (unpaired) electrons. The fourth-order valence-corrected chi connectivity index (χ4v) is 2.67. The van der Waals surface area contributed by atoms with Gasteiger partial charge in [-0.1, -0.05) is 19.8 Å². The number of hydrogen-bond acceptors (Lipinski definition) is 2. The second-order valence-corrected chi connectivity index (χ2v) is 5.47. The maximum atomic E-state index is 12.3. The van der Waals surface area contributed by atoms with Crippen LogP contribution in [0.5, 0.6) is 0 Å². The first kappa shape index (κ1) is 13.8. The summed E-state index contributed by atoms with van der Waals surface area (Å²) in [4.78, 5) is 1.73. The predicted octanol–water partition coefficient (Wildman–Crippen LogP) is 2.34. The van der Waals surface area contributed by atoms with E-state index in [1.165, 1.54) is 12.8 Å². The highest BCUT2D eigenvalue weighted by Crippen LogP contribution is 2.38. The molecule has 2 nitrogen and oxygen atoms in total. The minimum atomic E-state index is -2.25. The second kappa shape index (κ2) is 5.92. The van der Waals surface area contributed by atoms with Crippen LogP contribution in [0.25, 0.3) is 0 Å². The van der Waals surface area contributed by atoms with Crippen LogP contribution in [0.4, 0.5) is 8.78 Å². The Morgan fingerprint density at radius 1 is 1.38 bits per heavy atom. The fraction of sp³-hybridized carbons (Fsp3) is 1.00. The molecule has 0 bridgehead atoms. The third-order valence-electron chi connectivity index (χ3n) is 3.82. The van der Waals surface area contributed by atoms with E-state index in [4.69, 9.17) is 5.73 Å². The SMILES string of the molecule is CC1CCC(CN)(CN(C)CC(F)F)CC1. The Kier molecular flexibility index (Phi) is 5.12. The van der Waals surface area contributed by atoms with E-state index in [1.807, 2.05) is 0 Å². The van der Waals surface area contributed by atoms with Gasteiger partial charge in [0.2, 0.25) is 0 Å². The Balaban J connectivity index is 2.47. The van der Waals surface area contributed by atoms with Crippen molar-refractivity contribution in [2.24, 2.45) is 17.1 Å². The Hall–Kier alpha value is -0.220. The molecule has 0 amide bonds. The zero-order chi connectivity index (χ0) is 12.2. The van der Waals surface area contributed by atoms with Gasteiger partial charge < -0.3 is 10.6 Å². The van der Waals surface area contributed by atoms with Gasteiger partial charge in [0.05, 0.1) is 6.54 Å². The number of alkyl halides is 2. The summed E-state index contributed by atoms with van der Waals surface area (Å²) in [6.07, 6.45) is 2.28. The summed E-state index contributed by atoms with van der Waals surface area (Å²) in [6.45, 7) is 3.44. The number of halogens is 2. The molecule has 1 aliphatic carbocycles. The van der Waals surface area contributed by atoms with Crippen LogP contribution >= 0.6 is 0 Å². The van der Waals surface area contributed by atoms with E-state index in [0.717, 1.165) is 18.8 Å². The third-order valence-corrected chi connectivity index (χ3v) is 3.82. The molecule has 1 aliphatic rings. The largest absolute Gasteiger partial charge is 0.330 e. The fourth-order valence-electron chi connectivity index (χ4n) is 2.67. The highest BCUT2D eigenvalue weighted by Gasteiger charge is 2.34. The summed E-state index contributed by atoms with van der Waals surface area (Å²) in [6, 6.07) is 0. The molecule has 2 N–H and O–H groups in total. The van der Waals surface area contributed by atoms with Crippen molar-refractivity contribution in [2.45, 2.75) is 39.0 Å². The number of hydrogen-bond donors (Lipinski definition) is 1. The summed E-state index contributed by atoms with van der Waals surface area (Å²) >= 11 is 0. The topological polar surface area (TPSA) is 29.3 Å². The quantitative estimate of drug-likeness (QED) is 0.791. The molecule has 0 aromatic heterocycles. The van der Waals surface area contributed by atoms with Gasteiger partial charge >= 0.3 is 0 Å². The van der Waals surface area contributed by atoms with Crippen molar-refractivity contribution in [2.75, 3.05) is 26.7 Å². The normalized spacial score (nSPS) is 31.3. The molecule has 0 saturated heterocycles. The first-order valence-corrected chi connectivity index (χ1v) is 6.14. The number of nitrogens with two attached hydrogens (primary N) is 1. The molecule has 0 aromatic carbocycles. The minimum absolute atomic E-state index is 0.0795. The smallest absolute Gasteiger partial charge is 0.251 e. The van der Waals surface area contributed by atoms with Gasteiger partial charge in [0.1, 0.15) is 0 Å². The standard InChI is InChI=1S/C12H24F2N2/c1-10-3-5-12(8-15,6-4-10)9-16(2)7-11(13)14/h10-11H,3-9,15H2,1-2H3. The van der Waals surface area contributed by atoms with E-state index < -0.39 is 6.43 Å². The van der Waals surface area contributed by atoms with Crippen LogP contribution in [0, 0.1) is 11.3 Å². The van der Waals surface area contributed by atoms with Gasteiger partial charge in [-0.3, -0.25) is 0 Å². The first-order chi connectivity index (χ1) is 7.47. The maximum absolute atomic E-state index is 12.3. The molecule has 0 unspecified atom stereocenters. The van der Waals surface area contributed by atoms with E-state index in [2.05, 4.69) is 6.92 Å². The molecule has 4 heteroatoms. The lowest BCUT2D eigenvalue weighted by Crippen LogP contribution is -2.44. The molecule has 0 spiro atoms. The Morgan fingerprint density at radius 3 is 2.38 bits per heavy atom. The highest BCUT2D eigenvalue weighted by atomic mass is 19.3. The van der Waals surface area contributed by atoms with E-state index in [9.17, 15) is 8.78 Å². The molecule has 0 heterocycles. The van der Waals surface area contributed by atoms with Crippen molar-refractivity contribution < 1.29 is 8.78 Å². The number of rotatable bonds is 5. The molecule has 1 fully saturated rings. The first-order valence-electron chi connectivity index (χ1n) is 6.14. The van der Waals surface area contributed by atoms with Crippen LogP contribution in [0.1, 0.15) is 32.6 Å². The molecule has 1 saturated carbocycles. The lowest BCUT2D eigenvalue weighted by atomic mass is 9.70. The van der Waals surface area contributed by atoms with Gasteiger partial charge in [0, 0.05) is 6.54 Å². The maximum Gasteiger partial charge on any atom is 0.251 e. The van der Waals surface area contributed by atoms with E-state index in [0.29, 0.717) is 13.1 Å². The van der Waals surface area contributed by atoms with Crippen molar-refractivity contribution in [3.05, 3.63) is 0 Å². The average molecular weight is 234 g/mol. The van der Waals surface area contributed by atoms with E-state index >= 15 is 0 Å². The van der Waals surface area contributed by atoms with Gasteiger partial charge in [-0.15, -0.1) is 0 Å². The van der Waals surface area contributed by atoms with Crippen LogP contribution < -0.4 is 5.73 Å². The van der Waals surface area contributed by atoms with Crippen LogP contribution in [0.15, 0.2) is 0 Å². The summed E-state index contributed by atoms with van der Waals surface area (Å²) in [5.74, 6) is 0.764. The highest BCUT2D eigenvalue weighted by molar-refractivity contribution is 4.87. The summed E-state index contributed by atoms with van der Waals surface area (Å²) in [5.41, 5.74) is 5.93. The van der Waals surface area contributed by atoms with Crippen molar-refractivity contribution in [3.63, 3.8) is 0 Å². The van der Waals surface area contributed by atoms with Crippen LogP contribution in [0.2, 0.25) is 0 Å². The monoisotopic (exact) mass is 234 g/mol. The predicted molar refractivity (Wildman–Crippen MR) is 62.6 cm³/mol.